The molecule has 0 aromatic heterocycles. The van der Waals surface area contributed by atoms with Gasteiger partial charge in [0, 0.05) is 31.5 Å². The Labute approximate surface area is 158 Å². The Balaban J connectivity index is 1.98. The van der Waals surface area contributed by atoms with Crippen LogP contribution in [0.1, 0.15) is 24.5 Å². The predicted molar refractivity (Wildman–Crippen MR) is 104 cm³/mol. The molecule has 0 radical (unpaired) electrons. The number of nitrogens with zero attached hydrogens (tertiary/aromatic N) is 1. The highest BCUT2D eigenvalue weighted by Crippen LogP contribution is 2.29. The standard InChI is InChI=1S/C20H23ClN2O3/c1-14-4-9-19(26-3)18(12-14)23(15(2)24)11-10-20(25)22-13-16-5-7-17(21)8-6-16/h4-9,12H,10-11,13H2,1-3H3,(H,22,25). The number of nitrogens with one attached hydrogen (secondary N) is 1. The van der Waals surface area contributed by atoms with Crippen molar-refractivity contribution in [2.45, 2.75) is 26.8 Å². The van der Waals surface area contributed by atoms with E-state index >= 15 is 0 Å². The fourth-order valence-electron chi connectivity index (χ4n) is 2.56. The Bertz CT molecular complexity index is 775. The van der Waals surface area contributed by atoms with Crippen molar-refractivity contribution in [2.75, 3.05) is 18.6 Å². The summed E-state index contributed by atoms with van der Waals surface area (Å²) in [6.45, 7) is 4.12. The van der Waals surface area contributed by atoms with Crippen LogP contribution < -0.4 is 15.0 Å². The highest BCUT2D eigenvalue weighted by Gasteiger charge is 2.17. The Morgan fingerprint density at radius 1 is 1.15 bits per heavy atom. The number of hydrogen-bond acceptors (Lipinski definition) is 3. The number of methoxy groups -OCH3 is 1. The van der Waals surface area contributed by atoms with Crippen LogP contribution in [-0.4, -0.2) is 25.5 Å². The van der Waals surface area contributed by atoms with Crippen LogP contribution in [0.25, 0.3) is 0 Å². The van der Waals surface area contributed by atoms with E-state index in [1.807, 2.05) is 37.3 Å². The molecule has 2 rings (SSSR count). The summed E-state index contributed by atoms with van der Waals surface area (Å²) in [7, 11) is 1.56. The van der Waals surface area contributed by atoms with Crippen molar-refractivity contribution >= 4 is 29.1 Å². The van der Waals surface area contributed by atoms with Crippen LogP contribution >= 0.6 is 11.6 Å². The van der Waals surface area contributed by atoms with E-state index in [2.05, 4.69) is 5.32 Å². The molecule has 0 spiro atoms. The quantitative estimate of drug-likeness (QED) is 0.803. The number of carbonyl (C=O) groups is 2. The fourth-order valence-corrected chi connectivity index (χ4v) is 2.69. The van der Waals surface area contributed by atoms with Crippen LogP contribution in [0.2, 0.25) is 5.02 Å². The molecule has 1 N–H and O–H groups in total. The lowest BCUT2D eigenvalue weighted by molar-refractivity contribution is -0.121. The second-order valence-corrected chi connectivity index (χ2v) is 6.44. The fraction of sp³-hybridized carbons (Fsp3) is 0.300. The van der Waals surface area contributed by atoms with Crippen LogP contribution in [0, 0.1) is 6.92 Å². The number of halogens is 1. The van der Waals surface area contributed by atoms with E-state index in [9.17, 15) is 9.59 Å². The maximum absolute atomic E-state index is 12.2. The first kappa shape index (κ1) is 19.8. The van der Waals surface area contributed by atoms with Gasteiger partial charge in [0.15, 0.2) is 0 Å². The SMILES string of the molecule is COc1ccc(C)cc1N(CCC(=O)NCc1ccc(Cl)cc1)C(C)=O. The summed E-state index contributed by atoms with van der Waals surface area (Å²) < 4.78 is 5.35. The Morgan fingerprint density at radius 2 is 1.85 bits per heavy atom. The summed E-state index contributed by atoms with van der Waals surface area (Å²) >= 11 is 5.85. The summed E-state index contributed by atoms with van der Waals surface area (Å²) in [6.07, 6.45) is 0.199. The number of amides is 2. The number of ether oxygens (including phenoxy) is 1. The van der Waals surface area contributed by atoms with Crippen molar-refractivity contribution in [1.82, 2.24) is 5.32 Å². The molecule has 0 saturated carbocycles. The topological polar surface area (TPSA) is 58.6 Å². The molecule has 0 saturated heterocycles. The van der Waals surface area contributed by atoms with Gasteiger partial charge < -0.3 is 15.0 Å². The molecule has 0 aliphatic heterocycles. The van der Waals surface area contributed by atoms with Gasteiger partial charge in [-0.1, -0.05) is 29.8 Å². The largest absolute Gasteiger partial charge is 0.495 e. The number of rotatable bonds is 7. The van der Waals surface area contributed by atoms with Gasteiger partial charge >= 0.3 is 0 Å². The lowest BCUT2D eigenvalue weighted by Crippen LogP contribution is -2.34. The monoisotopic (exact) mass is 374 g/mol. The van der Waals surface area contributed by atoms with Crippen molar-refractivity contribution < 1.29 is 14.3 Å². The van der Waals surface area contributed by atoms with Gasteiger partial charge in [-0.25, -0.2) is 0 Å². The molecule has 2 aromatic rings. The molecular weight excluding hydrogens is 352 g/mol. The molecule has 0 unspecified atom stereocenters. The maximum atomic E-state index is 12.2. The van der Waals surface area contributed by atoms with Crippen LogP contribution in [0.15, 0.2) is 42.5 Å². The lowest BCUT2D eigenvalue weighted by Gasteiger charge is -2.23. The first-order valence-corrected chi connectivity index (χ1v) is 8.72. The number of aryl methyl sites for hydroxylation is 1. The molecule has 2 aromatic carbocycles. The van der Waals surface area contributed by atoms with Crippen LogP contribution in [0.5, 0.6) is 5.75 Å². The average Bonchev–Trinajstić information content (AvgIpc) is 2.61. The minimum Gasteiger partial charge on any atom is -0.495 e. The van der Waals surface area contributed by atoms with Gasteiger partial charge in [0.25, 0.3) is 0 Å². The molecule has 0 bridgehead atoms. The summed E-state index contributed by atoms with van der Waals surface area (Å²) in [6, 6.07) is 12.9. The molecule has 138 valence electrons. The van der Waals surface area contributed by atoms with Crippen molar-refractivity contribution in [3.8, 4) is 5.75 Å². The van der Waals surface area contributed by atoms with E-state index in [-0.39, 0.29) is 24.8 Å². The van der Waals surface area contributed by atoms with Gasteiger partial charge in [-0.15, -0.1) is 0 Å². The smallest absolute Gasteiger partial charge is 0.223 e. The molecule has 2 amide bonds. The van der Waals surface area contributed by atoms with Crippen LogP contribution in [0.4, 0.5) is 5.69 Å². The zero-order valence-corrected chi connectivity index (χ0v) is 16.0. The molecule has 6 heteroatoms. The highest BCUT2D eigenvalue weighted by atomic mass is 35.5. The summed E-state index contributed by atoms with van der Waals surface area (Å²) in [5, 5.41) is 3.51. The second kappa shape index (κ2) is 9.25. The van der Waals surface area contributed by atoms with Gasteiger partial charge in [0.05, 0.1) is 12.8 Å². The van der Waals surface area contributed by atoms with Gasteiger partial charge in [-0.05, 0) is 42.3 Å². The number of carbonyl (C=O) groups excluding carboxylic acids is 2. The molecule has 0 aliphatic rings. The van der Waals surface area contributed by atoms with E-state index in [0.717, 1.165) is 11.1 Å². The number of anilines is 1. The third-order valence-electron chi connectivity index (χ3n) is 3.97. The van der Waals surface area contributed by atoms with Crippen molar-refractivity contribution in [1.29, 1.82) is 0 Å². The maximum Gasteiger partial charge on any atom is 0.223 e. The molecule has 5 nitrogen and oxygen atoms in total. The summed E-state index contributed by atoms with van der Waals surface area (Å²) in [5.41, 5.74) is 2.65. The minimum absolute atomic E-state index is 0.127. The van der Waals surface area contributed by atoms with Gasteiger partial charge in [-0.2, -0.15) is 0 Å². The van der Waals surface area contributed by atoms with Gasteiger partial charge in [0.2, 0.25) is 11.8 Å². The average molecular weight is 375 g/mol. The molecule has 0 fully saturated rings. The highest BCUT2D eigenvalue weighted by molar-refractivity contribution is 6.30. The normalized spacial score (nSPS) is 10.3. The first-order chi connectivity index (χ1) is 12.4. The molecule has 26 heavy (non-hydrogen) atoms. The van der Waals surface area contributed by atoms with E-state index in [0.29, 0.717) is 23.0 Å². The van der Waals surface area contributed by atoms with E-state index in [1.54, 1.807) is 24.1 Å². The Morgan fingerprint density at radius 3 is 2.46 bits per heavy atom. The molecule has 0 heterocycles. The lowest BCUT2D eigenvalue weighted by atomic mass is 10.1. The zero-order valence-electron chi connectivity index (χ0n) is 15.2. The third-order valence-corrected chi connectivity index (χ3v) is 4.22. The number of hydrogen-bond donors (Lipinski definition) is 1. The first-order valence-electron chi connectivity index (χ1n) is 8.34. The van der Waals surface area contributed by atoms with Gasteiger partial charge in [-0.3, -0.25) is 9.59 Å². The summed E-state index contributed by atoms with van der Waals surface area (Å²) in [4.78, 5) is 25.8. The second-order valence-electron chi connectivity index (χ2n) is 6.00. The molecule has 0 aliphatic carbocycles. The van der Waals surface area contributed by atoms with Crippen molar-refractivity contribution in [2.24, 2.45) is 0 Å². The van der Waals surface area contributed by atoms with Crippen molar-refractivity contribution in [3.63, 3.8) is 0 Å². The van der Waals surface area contributed by atoms with Crippen molar-refractivity contribution in [3.05, 3.63) is 58.6 Å². The van der Waals surface area contributed by atoms with Crippen LogP contribution in [-0.2, 0) is 16.1 Å². The van der Waals surface area contributed by atoms with E-state index in [4.69, 9.17) is 16.3 Å². The third kappa shape index (κ3) is 5.49. The number of benzene rings is 2. The van der Waals surface area contributed by atoms with E-state index < -0.39 is 0 Å². The van der Waals surface area contributed by atoms with Gasteiger partial charge in [0.1, 0.15) is 5.75 Å². The Hall–Kier alpha value is -2.53. The summed E-state index contributed by atoms with van der Waals surface area (Å²) in [5.74, 6) is 0.338. The minimum atomic E-state index is -0.139. The van der Waals surface area contributed by atoms with E-state index in [1.165, 1.54) is 6.92 Å². The molecule has 0 atom stereocenters. The molecular formula is C20H23ClN2O3. The Kier molecular flexibility index (Phi) is 7.04. The zero-order chi connectivity index (χ0) is 19.1. The predicted octanol–water partition coefficient (Wildman–Crippen LogP) is 3.72. The van der Waals surface area contributed by atoms with Crippen LogP contribution in [0.3, 0.4) is 0 Å².